The number of ketones is 1. The number of hydrogen-bond acceptors (Lipinski definition) is 6. The minimum Gasteiger partial charge on any atom is -0.456 e. The van der Waals surface area contributed by atoms with Gasteiger partial charge < -0.3 is 4.74 Å². The van der Waals surface area contributed by atoms with Gasteiger partial charge in [-0.1, -0.05) is 18.2 Å². The Bertz CT molecular complexity index is 1080. The third-order valence-electron chi connectivity index (χ3n) is 3.82. The van der Waals surface area contributed by atoms with Crippen molar-refractivity contribution in [1.29, 1.82) is 0 Å². The topological polar surface area (TPSA) is 77.7 Å². The van der Waals surface area contributed by atoms with Gasteiger partial charge in [0.15, 0.2) is 0 Å². The predicted molar refractivity (Wildman–Crippen MR) is 103 cm³/mol. The molecule has 1 aromatic carbocycles. The van der Waals surface area contributed by atoms with Gasteiger partial charge in [-0.3, -0.25) is 14.0 Å². The number of Topliss-reactive ketones (excluding diaryl/α,β-unsaturated/α-hetero) is 1. The molecular formula is C20H18N2O4S. The number of hydrogen-bond donors (Lipinski definition) is 0. The first-order chi connectivity index (χ1) is 13.0. The van der Waals surface area contributed by atoms with Gasteiger partial charge in [-0.25, -0.2) is 9.78 Å². The maximum atomic E-state index is 12.5. The molecule has 0 saturated heterocycles. The Kier molecular flexibility index (Phi) is 5.71. The molecule has 0 unspecified atom stereocenters. The lowest BCUT2D eigenvalue weighted by atomic mass is 10.2. The number of aromatic nitrogens is 2. The SMILES string of the molecule is CC(=O)CSc1ccccc1C(=O)OCc1cc(=O)n2c(C)cccc2n1. The van der Waals surface area contributed by atoms with Crippen molar-refractivity contribution in [3.05, 3.63) is 75.8 Å². The molecule has 0 aliphatic heterocycles. The third-order valence-corrected chi connectivity index (χ3v) is 5.04. The van der Waals surface area contributed by atoms with Crippen LogP contribution in [0, 0.1) is 6.92 Å². The van der Waals surface area contributed by atoms with E-state index in [4.69, 9.17) is 4.74 Å². The molecule has 2 aromatic heterocycles. The van der Waals surface area contributed by atoms with Crippen molar-refractivity contribution in [1.82, 2.24) is 9.38 Å². The third kappa shape index (κ3) is 4.43. The summed E-state index contributed by atoms with van der Waals surface area (Å²) in [7, 11) is 0. The van der Waals surface area contributed by atoms with Gasteiger partial charge in [-0.15, -0.1) is 11.8 Å². The zero-order valence-electron chi connectivity index (χ0n) is 15.0. The molecule has 2 heterocycles. The number of ether oxygens (including phenoxy) is 1. The van der Waals surface area contributed by atoms with Crippen molar-refractivity contribution < 1.29 is 14.3 Å². The highest BCUT2D eigenvalue weighted by Crippen LogP contribution is 2.23. The average molecular weight is 382 g/mol. The van der Waals surface area contributed by atoms with Crippen LogP contribution in [0.3, 0.4) is 0 Å². The summed E-state index contributed by atoms with van der Waals surface area (Å²) < 4.78 is 6.85. The van der Waals surface area contributed by atoms with Crippen LogP contribution in [0.4, 0.5) is 0 Å². The molecule has 27 heavy (non-hydrogen) atoms. The van der Waals surface area contributed by atoms with Crippen LogP contribution in [0.5, 0.6) is 0 Å². The zero-order chi connectivity index (χ0) is 19.4. The summed E-state index contributed by atoms with van der Waals surface area (Å²) in [5.41, 5.74) is 1.84. The Labute approximate surface area is 160 Å². The van der Waals surface area contributed by atoms with Crippen LogP contribution in [0.1, 0.15) is 28.7 Å². The summed E-state index contributed by atoms with van der Waals surface area (Å²) in [6.07, 6.45) is 0. The van der Waals surface area contributed by atoms with E-state index < -0.39 is 5.97 Å². The smallest absolute Gasteiger partial charge is 0.339 e. The molecular weight excluding hydrogens is 364 g/mol. The molecule has 0 fully saturated rings. The average Bonchev–Trinajstić information content (AvgIpc) is 2.64. The van der Waals surface area contributed by atoms with Crippen LogP contribution in [-0.4, -0.2) is 26.9 Å². The van der Waals surface area contributed by atoms with E-state index in [1.54, 1.807) is 30.3 Å². The maximum Gasteiger partial charge on any atom is 0.339 e. The Morgan fingerprint density at radius 3 is 2.70 bits per heavy atom. The molecule has 7 heteroatoms. The van der Waals surface area contributed by atoms with E-state index in [1.807, 2.05) is 19.1 Å². The van der Waals surface area contributed by atoms with E-state index in [1.165, 1.54) is 29.2 Å². The molecule has 3 rings (SSSR count). The number of esters is 1. The van der Waals surface area contributed by atoms with Crippen molar-refractivity contribution in [3.8, 4) is 0 Å². The molecule has 0 N–H and O–H groups in total. The standard InChI is InChI=1S/C20H18N2O4S/c1-13-6-5-9-18-21-15(10-19(24)22(13)18)11-26-20(25)16-7-3-4-8-17(16)27-12-14(2)23/h3-10H,11-12H2,1-2H3. The minimum absolute atomic E-state index is 0.0271. The fraction of sp³-hybridized carbons (Fsp3) is 0.200. The van der Waals surface area contributed by atoms with E-state index >= 15 is 0 Å². The van der Waals surface area contributed by atoms with Crippen LogP contribution in [0.15, 0.2) is 58.2 Å². The number of carbonyl (C=O) groups excluding carboxylic acids is 2. The van der Waals surface area contributed by atoms with E-state index in [0.29, 0.717) is 21.8 Å². The molecule has 0 amide bonds. The quantitative estimate of drug-likeness (QED) is 0.482. The summed E-state index contributed by atoms with van der Waals surface area (Å²) in [6, 6.07) is 13.7. The number of rotatable bonds is 6. The molecule has 138 valence electrons. The fourth-order valence-electron chi connectivity index (χ4n) is 2.60. The number of aryl methyl sites for hydroxylation is 1. The molecule has 0 bridgehead atoms. The van der Waals surface area contributed by atoms with Crippen LogP contribution < -0.4 is 5.56 Å². The second-order valence-electron chi connectivity index (χ2n) is 6.01. The van der Waals surface area contributed by atoms with Crippen LogP contribution in [0.2, 0.25) is 0 Å². The second kappa shape index (κ2) is 8.18. The highest BCUT2D eigenvalue weighted by Gasteiger charge is 2.14. The summed E-state index contributed by atoms with van der Waals surface area (Å²) >= 11 is 1.29. The largest absolute Gasteiger partial charge is 0.456 e. The van der Waals surface area contributed by atoms with E-state index in [2.05, 4.69) is 4.98 Å². The lowest BCUT2D eigenvalue weighted by Gasteiger charge is -2.10. The minimum atomic E-state index is -0.520. The molecule has 3 aromatic rings. The summed E-state index contributed by atoms with van der Waals surface area (Å²) in [5.74, 6) is -0.209. The molecule has 0 saturated carbocycles. The van der Waals surface area contributed by atoms with Gasteiger partial charge >= 0.3 is 5.97 Å². The Morgan fingerprint density at radius 1 is 1.15 bits per heavy atom. The van der Waals surface area contributed by atoms with Crippen molar-refractivity contribution in [2.45, 2.75) is 25.3 Å². The number of benzene rings is 1. The predicted octanol–water partition coefficient (Wildman–Crippen LogP) is 3.04. The zero-order valence-corrected chi connectivity index (χ0v) is 15.8. The van der Waals surface area contributed by atoms with Crippen LogP contribution in [0.25, 0.3) is 5.65 Å². The first-order valence-electron chi connectivity index (χ1n) is 8.32. The van der Waals surface area contributed by atoms with E-state index in [-0.39, 0.29) is 23.7 Å². The van der Waals surface area contributed by atoms with E-state index in [9.17, 15) is 14.4 Å². The van der Waals surface area contributed by atoms with Gasteiger partial charge in [0.05, 0.1) is 17.0 Å². The van der Waals surface area contributed by atoms with Crippen molar-refractivity contribution in [2.24, 2.45) is 0 Å². The number of pyridine rings is 1. The van der Waals surface area contributed by atoms with Crippen LogP contribution >= 0.6 is 11.8 Å². The first-order valence-corrected chi connectivity index (χ1v) is 9.31. The first kappa shape index (κ1) is 18.8. The fourth-order valence-corrected chi connectivity index (χ4v) is 3.44. The number of fused-ring (bicyclic) bond motifs is 1. The molecule has 0 spiro atoms. The second-order valence-corrected chi connectivity index (χ2v) is 7.03. The van der Waals surface area contributed by atoms with Crippen molar-refractivity contribution in [3.63, 3.8) is 0 Å². The Morgan fingerprint density at radius 2 is 1.93 bits per heavy atom. The molecule has 0 radical (unpaired) electrons. The Balaban J connectivity index is 1.78. The van der Waals surface area contributed by atoms with Gasteiger partial charge in [-0.2, -0.15) is 0 Å². The molecule has 0 aliphatic rings. The van der Waals surface area contributed by atoms with Crippen molar-refractivity contribution in [2.75, 3.05) is 5.75 Å². The summed E-state index contributed by atoms with van der Waals surface area (Å²) in [6.45, 7) is 3.22. The summed E-state index contributed by atoms with van der Waals surface area (Å²) in [5, 5.41) is 0. The lowest BCUT2D eigenvalue weighted by molar-refractivity contribution is -0.114. The van der Waals surface area contributed by atoms with Gasteiger partial charge in [0.1, 0.15) is 18.0 Å². The van der Waals surface area contributed by atoms with Gasteiger partial charge in [-0.05, 0) is 38.1 Å². The van der Waals surface area contributed by atoms with E-state index in [0.717, 1.165) is 5.69 Å². The Hall–Kier alpha value is -2.93. The van der Waals surface area contributed by atoms with Crippen molar-refractivity contribution >= 4 is 29.2 Å². The number of carbonyl (C=O) groups is 2. The van der Waals surface area contributed by atoms with Gasteiger partial charge in [0.25, 0.3) is 5.56 Å². The number of nitrogens with zero attached hydrogens (tertiary/aromatic N) is 2. The monoisotopic (exact) mass is 382 g/mol. The molecule has 0 aliphatic carbocycles. The molecule has 6 nitrogen and oxygen atoms in total. The van der Waals surface area contributed by atoms with Crippen LogP contribution in [-0.2, 0) is 16.1 Å². The molecule has 0 atom stereocenters. The van der Waals surface area contributed by atoms with Gasteiger partial charge in [0.2, 0.25) is 0 Å². The number of thioether (sulfide) groups is 1. The maximum absolute atomic E-state index is 12.5. The lowest BCUT2D eigenvalue weighted by Crippen LogP contribution is -2.18. The summed E-state index contributed by atoms with van der Waals surface area (Å²) in [4.78, 5) is 41.0. The normalized spacial score (nSPS) is 10.7. The highest BCUT2D eigenvalue weighted by molar-refractivity contribution is 8.00. The van der Waals surface area contributed by atoms with Gasteiger partial charge in [0, 0.05) is 16.7 Å². The highest BCUT2D eigenvalue weighted by atomic mass is 32.2.